The summed E-state index contributed by atoms with van der Waals surface area (Å²) in [4.78, 5) is 13.9. The number of hydrogen-bond acceptors (Lipinski definition) is 4. The van der Waals surface area contributed by atoms with Gasteiger partial charge in [-0.2, -0.15) is 5.26 Å². The van der Waals surface area contributed by atoms with Crippen LogP contribution in [0.25, 0.3) is 0 Å². The molecule has 4 nitrogen and oxygen atoms in total. The molecule has 0 heterocycles. The average Bonchev–Trinajstić information content (AvgIpc) is 2.38. The van der Waals surface area contributed by atoms with Crippen molar-refractivity contribution in [2.45, 2.75) is 19.4 Å². The van der Waals surface area contributed by atoms with Gasteiger partial charge in [0.15, 0.2) is 5.78 Å². The van der Waals surface area contributed by atoms with Crippen molar-refractivity contribution < 1.29 is 9.53 Å². The molecule has 19 heavy (non-hydrogen) atoms. The second kappa shape index (κ2) is 7.13. The van der Waals surface area contributed by atoms with Crippen molar-refractivity contribution in [3.8, 4) is 11.8 Å². The molecule has 0 aliphatic carbocycles. The fourth-order valence-electron chi connectivity index (χ4n) is 1.60. The average molecular weight is 281 g/mol. The topological polar surface area (TPSA) is 53.3 Å². The van der Waals surface area contributed by atoms with E-state index in [9.17, 15) is 4.79 Å². The third-order valence-corrected chi connectivity index (χ3v) is 3.30. The van der Waals surface area contributed by atoms with Crippen molar-refractivity contribution in [3.05, 3.63) is 28.8 Å². The van der Waals surface area contributed by atoms with E-state index in [4.69, 9.17) is 21.6 Å². The number of nitrogens with zero attached hydrogens (tertiary/aromatic N) is 2. The number of benzene rings is 1. The molecular weight excluding hydrogens is 264 g/mol. The quantitative estimate of drug-likeness (QED) is 0.752. The van der Waals surface area contributed by atoms with Gasteiger partial charge in [0.2, 0.25) is 0 Å². The first-order valence-electron chi connectivity index (χ1n) is 5.93. The van der Waals surface area contributed by atoms with Gasteiger partial charge in [0, 0.05) is 11.6 Å². The highest BCUT2D eigenvalue weighted by Gasteiger charge is 2.15. The summed E-state index contributed by atoms with van der Waals surface area (Å²) < 4.78 is 5.04. The lowest BCUT2D eigenvalue weighted by atomic mass is 10.1. The summed E-state index contributed by atoms with van der Waals surface area (Å²) in [6.45, 7) is 2.17. The van der Waals surface area contributed by atoms with E-state index in [1.54, 1.807) is 18.2 Å². The van der Waals surface area contributed by atoms with Gasteiger partial charge in [-0.05, 0) is 32.2 Å². The van der Waals surface area contributed by atoms with E-state index in [0.29, 0.717) is 22.8 Å². The number of ether oxygens (including phenoxy) is 1. The van der Waals surface area contributed by atoms with E-state index in [2.05, 4.69) is 6.07 Å². The number of carbonyl (C=O) groups excluding carboxylic acids is 1. The molecule has 0 saturated heterocycles. The Kier molecular flexibility index (Phi) is 5.81. The molecule has 0 aliphatic rings. The predicted octanol–water partition coefficient (Wildman–Crippen LogP) is 2.77. The van der Waals surface area contributed by atoms with Crippen LogP contribution in [0, 0.1) is 11.3 Å². The van der Waals surface area contributed by atoms with Gasteiger partial charge in [-0.1, -0.05) is 11.6 Å². The van der Waals surface area contributed by atoms with E-state index >= 15 is 0 Å². The lowest BCUT2D eigenvalue weighted by Gasteiger charge is -2.21. The Hall–Kier alpha value is -1.57. The number of likely N-dealkylation sites (N-methyl/N-ethyl adjacent to an activating group) is 1. The highest BCUT2D eigenvalue weighted by molar-refractivity contribution is 6.32. The van der Waals surface area contributed by atoms with Crippen LogP contribution in [0.4, 0.5) is 0 Å². The fourth-order valence-corrected chi connectivity index (χ4v) is 1.86. The van der Waals surface area contributed by atoms with Gasteiger partial charge in [0.1, 0.15) is 5.75 Å². The second-order valence-corrected chi connectivity index (χ2v) is 4.81. The Labute approximate surface area is 118 Å². The highest BCUT2D eigenvalue weighted by Crippen LogP contribution is 2.25. The molecule has 1 aromatic carbocycles. The van der Waals surface area contributed by atoms with Crippen LogP contribution in [0.2, 0.25) is 5.02 Å². The molecule has 0 aromatic heterocycles. The molecule has 1 aromatic rings. The van der Waals surface area contributed by atoms with Crippen LogP contribution in [-0.2, 0) is 0 Å². The number of nitriles is 1. The monoisotopic (exact) mass is 280 g/mol. The third-order valence-electron chi connectivity index (χ3n) is 3.01. The van der Waals surface area contributed by atoms with Gasteiger partial charge in [-0.3, -0.25) is 9.69 Å². The van der Waals surface area contributed by atoms with Gasteiger partial charge in [-0.15, -0.1) is 0 Å². The molecule has 0 bridgehead atoms. The van der Waals surface area contributed by atoms with Crippen LogP contribution in [0.5, 0.6) is 5.75 Å². The first-order valence-corrected chi connectivity index (χ1v) is 6.31. The fraction of sp³-hybridized carbons (Fsp3) is 0.429. The zero-order chi connectivity index (χ0) is 14.4. The maximum absolute atomic E-state index is 12.1. The number of halogens is 1. The van der Waals surface area contributed by atoms with Crippen molar-refractivity contribution in [1.29, 1.82) is 5.26 Å². The maximum Gasteiger partial charge on any atom is 0.176 e. The molecule has 1 unspecified atom stereocenters. The van der Waals surface area contributed by atoms with Crippen molar-refractivity contribution in [2.75, 3.05) is 20.7 Å². The molecule has 0 spiro atoms. The van der Waals surface area contributed by atoms with Crippen molar-refractivity contribution >= 4 is 17.4 Å². The Balaban J connectivity index is 2.73. The number of rotatable bonds is 6. The minimum atomic E-state index is -0.0307. The van der Waals surface area contributed by atoms with Gasteiger partial charge in [0.25, 0.3) is 0 Å². The van der Waals surface area contributed by atoms with Gasteiger partial charge < -0.3 is 4.74 Å². The molecule has 1 rings (SSSR count). The highest BCUT2D eigenvalue weighted by atomic mass is 35.5. The van der Waals surface area contributed by atoms with Crippen molar-refractivity contribution in [3.63, 3.8) is 0 Å². The largest absolute Gasteiger partial charge is 0.495 e. The Bertz CT molecular complexity index is 497. The van der Waals surface area contributed by atoms with Crippen LogP contribution in [0.15, 0.2) is 18.2 Å². The minimum Gasteiger partial charge on any atom is -0.495 e. The molecule has 0 fully saturated rings. The molecule has 0 N–H and O–H groups in total. The number of hydrogen-bond donors (Lipinski definition) is 0. The predicted molar refractivity (Wildman–Crippen MR) is 74.7 cm³/mol. The first-order chi connectivity index (χ1) is 8.99. The van der Waals surface area contributed by atoms with Crippen LogP contribution >= 0.6 is 11.6 Å². The number of methoxy groups -OCH3 is 1. The lowest BCUT2D eigenvalue weighted by molar-refractivity contribution is 0.0925. The summed E-state index contributed by atoms with van der Waals surface area (Å²) in [5.74, 6) is 0.515. The smallest absolute Gasteiger partial charge is 0.176 e. The number of carbonyl (C=O) groups is 1. The number of ketones is 1. The molecule has 0 radical (unpaired) electrons. The SMILES string of the molecule is COc1ccc(C(=O)CN(C)C(C)CC#N)cc1Cl. The summed E-state index contributed by atoms with van der Waals surface area (Å²) in [6.07, 6.45) is 0.396. The van der Waals surface area contributed by atoms with Gasteiger partial charge in [0.05, 0.1) is 31.2 Å². The molecule has 0 saturated carbocycles. The van der Waals surface area contributed by atoms with Gasteiger partial charge >= 0.3 is 0 Å². The normalized spacial score (nSPS) is 12.0. The van der Waals surface area contributed by atoms with Gasteiger partial charge in [-0.25, -0.2) is 0 Å². The summed E-state index contributed by atoms with van der Waals surface area (Å²) in [7, 11) is 3.35. The lowest BCUT2D eigenvalue weighted by Crippen LogP contribution is -2.33. The van der Waals surface area contributed by atoms with Crippen LogP contribution < -0.4 is 4.74 Å². The Morgan fingerprint density at radius 3 is 2.79 bits per heavy atom. The minimum absolute atomic E-state index is 0.0307. The summed E-state index contributed by atoms with van der Waals surface area (Å²) in [5, 5.41) is 9.06. The van der Waals surface area contributed by atoms with Crippen molar-refractivity contribution in [1.82, 2.24) is 4.90 Å². The number of Topliss-reactive ketones (excluding diaryl/α,β-unsaturated/α-hetero) is 1. The molecule has 1 atom stereocenters. The standard InChI is InChI=1S/C14H17ClN2O2/c1-10(6-7-16)17(2)9-13(18)11-4-5-14(19-3)12(15)8-11/h4-5,8,10H,6,9H2,1-3H3. The van der Waals surface area contributed by atoms with Crippen LogP contribution in [-0.4, -0.2) is 37.4 Å². The Morgan fingerprint density at radius 1 is 1.58 bits per heavy atom. The van der Waals surface area contributed by atoms with E-state index in [-0.39, 0.29) is 18.4 Å². The summed E-state index contributed by atoms with van der Waals surface area (Å²) in [6, 6.07) is 7.11. The van der Waals surface area contributed by atoms with Crippen LogP contribution in [0.3, 0.4) is 0 Å². The van der Waals surface area contributed by atoms with Crippen LogP contribution in [0.1, 0.15) is 23.7 Å². The maximum atomic E-state index is 12.1. The third kappa shape index (κ3) is 4.23. The van der Waals surface area contributed by atoms with E-state index in [0.717, 1.165) is 0 Å². The molecule has 0 aliphatic heterocycles. The van der Waals surface area contributed by atoms with Crippen molar-refractivity contribution in [2.24, 2.45) is 0 Å². The second-order valence-electron chi connectivity index (χ2n) is 4.40. The van der Waals surface area contributed by atoms with E-state index in [1.807, 2.05) is 18.9 Å². The first kappa shape index (κ1) is 15.5. The van der Waals surface area contributed by atoms with E-state index in [1.165, 1.54) is 7.11 Å². The molecule has 5 heteroatoms. The zero-order valence-corrected chi connectivity index (χ0v) is 12.1. The molecule has 102 valence electrons. The summed E-state index contributed by atoms with van der Waals surface area (Å²) >= 11 is 5.99. The van der Waals surface area contributed by atoms with E-state index < -0.39 is 0 Å². The Morgan fingerprint density at radius 2 is 2.26 bits per heavy atom. The zero-order valence-electron chi connectivity index (χ0n) is 11.3. The summed E-state index contributed by atoms with van der Waals surface area (Å²) in [5.41, 5.74) is 0.543. The molecule has 0 amide bonds. The molecular formula is C14H17ClN2O2.